The number of ether oxygens (including phenoxy) is 2. The van der Waals surface area contributed by atoms with E-state index in [1.807, 2.05) is 50.2 Å². The zero-order valence-electron chi connectivity index (χ0n) is 13.1. The summed E-state index contributed by atoms with van der Waals surface area (Å²) in [5.41, 5.74) is 2.11. The predicted molar refractivity (Wildman–Crippen MR) is 88.3 cm³/mol. The Kier molecular flexibility index (Phi) is 4.43. The van der Waals surface area contributed by atoms with Gasteiger partial charge >= 0.3 is 0 Å². The molecule has 112 valence electrons. The molecular formula is C17H21O3P. The van der Waals surface area contributed by atoms with Crippen molar-refractivity contribution in [1.29, 1.82) is 0 Å². The second kappa shape index (κ2) is 5.95. The molecule has 0 unspecified atom stereocenters. The van der Waals surface area contributed by atoms with E-state index in [0.29, 0.717) is 11.5 Å². The van der Waals surface area contributed by atoms with Gasteiger partial charge in [0, 0.05) is 0 Å². The molecule has 0 saturated heterocycles. The fraction of sp³-hybridized carbons (Fsp3) is 0.294. The maximum atomic E-state index is 13.5. The van der Waals surface area contributed by atoms with Gasteiger partial charge in [-0.05, 0) is 44.8 Å². The molecule has 3 nitrogen and oxygen atoms in total. The quantitative estimate of drug-likeness (QED) is 0.813. The van der Waals surface area contributed by atoms with E-state index in [-0.39, 0.29) is 0 Å². The molecule has 0 heterocycles. The first kappa shape index (κ1) is 15.7. The Bertz CT molecular complexity index is 650. The van der Waals surface area contributed by atoms with E-state index in [4.69, 9.17) is 9.47 Å². The third-order valence-electron chi connectivity index (χ3n) is 3.59. The van der Waals surface area contributed by atoms with E-state index in [1.54, 1.807) is 20.9 Å². The van der Waals surface area contributed by atoms with Crippen LogP contribution in [-0.2, 0) is 4.57 Å². The van der Waals surface area contributed by atoms with E-state index >= 15 is 0 Å². The molecule has 0 aliphatic heterocycles. The van der Waals surface area contributed by atoms with Crippen LogP contribution in [0.4, 0.5) is 0 Å². The lowest BCUT2D eigenvalue weighted by molar-refractivity contribution is 0.416. The van der Waals surface area contributed by atoms with Crippen molar-refractivity contribution in [3.63, 3.8) is 0 Å². The van der Waals surface area contributed by atoms with Crippen molar-refractivity contribution in [2.45, 2.75) is 13.8 Å². The van der Waals surface area contributed by atoms with Crippen LogP contribution in [0, 0.1) is 13.8 Å². The van der Waals surface area contributed by atoms with Crippen molar-refractivity contribution in [3.8, 4) is 11.5 Å². The molecule has 0 saturated carbocycles. The van der Waals surface area contributed by atoms with Crippen LogP contribution in [0.15, 0.2) is 36.4 Å². The summed E-state index contributed by atoms with van der Waals surface area (Å²) < 4.78 is 24.3. The highest BCUT2D eigenvalue weighted by molar-refractivity contribution is 7.78. The van der Waals surface area contributed by atoms with Gasteiger partial charge in [0.15, 0.2) is 0 Å². The summed E-state index contributed by atoms with van der Waals surface area (Å²) >= 11 is 0. The van der Waals surface area contributed by atoms with Crippen molar-refractivity contribution in [1.82, 2.24) is 0 Å². The predicted octanol–water partition coefficient (Wildman–Crippen LogP) is 3.26. The fourth-order valence-electron chi connectivity index (χ4n) is 2.40. The zero-order valence-corrected chi connectivity index (χ0v) is 14.0. The average molecular weight is 304 g/mol. The van der Waals surface area contributed by atoms with Crippen LogP contribution in [0.1, 0.15) is 11.1 Å². The first-order valence-corrected chi connectivity index (χ1v) is 8.93. The van der Waals surface area contributed by atoms with Crippen LogP contribution in [0.2, 0.25) is 0 Å². The van der Waals surface area contributed by atoms with Gasteiger partial charge in [-0.2, -0.15) is 0 Å². The van der Waals surface area contributed by atoms with Crippen LogP contribution in [0.5, 0.6) is 11.5 Å². The molecule has 0 fully saturated rings. The van der Waals surface area contributed by atoms with Crippen molar-refractivity contribution in [3.05, 3.63) is 47.5 Å². The van der Waals surface area contributed by atoms with Crippen LogP contribution in [-0.4, -0.2) is 20.9 Å². The maximum absolute atomic E-state index is 13.5. The van der Waals surface area contributed by atoms with Gasteiger partial charge in [0.25, 0.3) is 0 Å². The first-order chi connectivity index (χ1) is 9.90. The lowest BCUT2D eigenvalue weighted by atomic mass is 10.2. The number of hydrogen-bond acceptors (Lipinski definition) is 3. The molecule has 0 aliphatic rings. The summed E-state index contributed by atoms with van der Waals surface area (Å²) in [5, 5.41) is 1.46. The number of rotatable bonds is 4. The Labute approximate surface area is 126 Å². The SMILES string of the molecule is COc1ccc(C)cc1P(C)(=O)c1cc(C)ccc1OC. The Hall–Kier alpha value is -1.73. The van der Waals surface area contributed by atoms with Crippen molar-refractivity contribution in [2.75, 3.05) is 20.9 Å². The third-order valence-corrected chi connectivity index (χ3v) is 6.13. The minimum absolute atomic E-state index is 0.648. The van der Waals surface area contributed by atoms with E-state index in [0.717, 1.165) is 21.7 Å². The summed E-state index contributed by atoms with van der Waals surface area (Å²) in [4.78, 5) is 0. The molecule has 2 aromatic rings. The van der Waals surface area contributed by atoms with Crippen molar-refractivity contribution >= 4 is 17.8 Å². The number of benzene rings is 2. The zero-order chi connectivity index (χ0) is 15.6. The van der Waals surface area contributed by atoms with Gasteiger partial charge in [0.1, 0.15) is 18.6 Å². The molecule has 2 rings (SSSR count). The van der Waals surface area contributed by atoms with Gasteiger partial charge in [-0.3, -0.25) is 0 Å². The van der Waals surface area contributed by atoms with E-state index < -0.39 is 7.14 Å². The maximum Gasteiger partial charge on any atom is 0.147 e. The van der Waals surface area contributed by atoms with Gasteiger partial charge in [-0.1, -0.05) is 23.3 Å². The number of aryl methyl sites for hydroxylation is 2. The van der Waals surface area contributed by atoms with Crippen LogP contribution in [0.25, 0.3) is 0 Å². The first-order valence-electron chi connectivity index (χ1n) is 6.78. The van der Waals surface area contributed by atoms with Crippen molar-refractivity contribution < 1.29 is 14.0 Å². The summed E-state index contributed by atoms with van der Waals surface area (Å²) in [5.74, 6) is 1.30. The number of methoxy groups -OCH3 is 2. The molecule has 0 N–H and O–H groups in total. The molecule has 0 amide bonds. The molecule has 0 radical (unpaired) electrons. The number of hydrogen-bond donors (Lipinski definition) is 0. The summed E-state index contributed by atoms with van der Waals surface area (Å²) in [6.07, 6.45) is 0. The molecule has 0 aliphatic carbocycles. The molecular weight excluding hydrogens is 283 g/mol. The van der Waals surface area contributed by atoms with E-state index in [9.17, 15) is 4.57 Å². The normalized spacial score (nSPS) is 11.3. The Balaban J connectivity index is 2.70. The third kappa shape index (κ3) is 2.98. The molecule has 2 aromatic carbocycles. The second-order valence-corrected chi connectivity index (χ2v) is 8.09. The molecule has 0 bridgehead atoms. The average Bonchev–Trinajstić information content (AvgIpc) is 2.47. The monoisotopic (exact) mass is 304 g/mol. The highest BCUT2D eigenvalue weighted by Crippen LogP contribution is 2.45. The molecule has 0 spiro atoms. The van der Waals surface area contributed by atoms with Crippen LogP contribution in [0.3, 0.4) is 0 Å². The van der Waals surface area contributed by atoms with Gasteiger partial charge in [-0.15, -0.1) is 0 Å². The molecule has 4 heteroatoms. The van der Waals surface area contributed by atoms with Crippen LogP contribution < -0.4 is 20.1 Å². The van der Waals surface area contributed by atoms with E-state index in [1.165, 1.54) is 0 Å². The van der Waals surface area contributed by atoms with E-state index in [2.05, 4.69) is 0 Å². The van der Waals surface area contributed by atoms with Gasteiger partial charge in [0.05, 0.1) is 24.8 Å². The summed E-state index contributed by atoms with van der Waals surface area (Å²) in [7, 11) is 0.388. The second-order valence-electron chi connectivity index (χ2n) is 5.27. The fourth-order valence-corrected chi connectivity index (χ4v) is 4.73. The lowest BCUT2D eigenvalue weighted by Crippen LogP contribution is -2.19. The highest BCUT2D eigenvalue weighted by atomic mass is 31.2. The molecule has 21 heavy (non-hydrogen) atoms. The Morgan fingerprint density at radius 3 is 1.52 bits per heavy atom. The largest absolute Gasteiger partial charge is 0.496 e. The van der Waals surface area contributed by atoms with Gasteiger partial charge in [-0.25, -0.2) is 0 Å². The minimum atomic E-state index is -2.81. The minimum Gasteiger partial charge on any atom is -0.496 e. The Morgan fingerprint density at radius 2 is 1.19 bits per heavy atom. The van der Waals surface area contributed by atoms with Crippen LogP contribution >= 0.6 is 7.14 Å². The topological polar surface area (TPSA) is 35.5 Å². The molecule has 0 atom stereocenters. The van der Waals surface area contributed by atoms with Gasteiger partial charge < -0.3 is 14.0 Å². The highest BCUT2D eigenvalue weighted by Gasteiger charge is 2.28. The van der Waals surface area contributed by atoms with Crippen molar-refractivity contribution in [2.24, 2.45) is 0 Å². The lowest BCUT2D eigenvalue weighted by Gasteiger charge is -2.20. The standard InChI is InChI=1S/C17H21O3P/c1-12-6-8-14(19-3)16(10-12)21(5,18)17-11-13(2)7-9-15(17)20-4/h6-11H,1-5H3. The summed E-state index contributed by atoms with van der Waals surface area (Å²) in [6.45, 7) is 5.73. The summed E-state index contributed by atoms with van der Waals surface area (Å²) in [6, 6.07) is 11.5. The van der Waals surface area contributed by atoms with Gasteiger partial charge in [0.2, 0.25) is 0 Å². The Morgan fingerprint density at radius 1 is 0.810 bits per heavy atom. The molecule has 0 aromatic heterocycles. The smallest absolute Gasteiger partial charge is 0.147 e.